The van der Waals surface area contributed by atoms with E-state index in [4.69, 9.17) is 4.74 Å². The molecular weight excluding hydrogens is 326 g/mol. The summed E-state index contributed by atoms with van der Waals surface area (Å²) < 4.78 is 7.00. The summed E-state index contributed by atoms with van der Waals surface area (Å²) in [6.07, 6.45) is 0. The van der Waals surface area contributed by atoms with Gasteiger partial charge in [0.1, 0.15) is 5.75 Å². The number of nitrogens with one attached hydrogen (secondary N) is 1. The predicted octanol–water partition coefficient (Wildman–Crippen LogP) is 5.40. The molecule has 0 fully saturated rings. The first-order valence-electron chi connectivity index (χ1n) is 7.27. The largest absolute Gasteiger partial charge is 0.491 e. The fourth-order valence-electron chi connectivity index (χ4n) is 1.94. The van der Waals surface area contributed by atoms with Gasteiger partial charge < -0.3 is 10.1 Å². The van der Waals surface area contributed by atoms with Crippen molar-refractivity contribution in [3.8, 4) is 5.75 Å². The highest BCUT2D eigenvalue weighted by Gasteiger charge is 2.04. The van der Waals surface area contributed by atoms with Crippen molar-refractivity contribution in [2.24, 2.45) is 5.92 Å². The molecule has 3 heteroatoms. The van der Waals surface area contributed by atoms with Crippen LogP contribution in [0.2, 0.25) is 0 Å². The summed E-state index contributed by atoms with van der Waals surface area (Å²) in [6, 6.07) is 14.5. The molecule has 0 heterocycles. The van der Waals surface area contributed by atoms with E-state index in [0.29, 0.717) is 5.92 Å². The van der Waals surface area contributed by atoms with E-state index in [1.165, 1.54) is 11.1 Å². The Morgan fingerprint density at radius 1 is 1.14 bits per heavy atom. The molecule has 0 aromatic heterocycles. The van der Waals surface area contributed by atoms with E-state index >= 15 is 0 Å². The fourth-order valence-corrected chi connectivity index (χ4v) is 2.36. The normalized spacial score (nSPS) is 10.7. The van der Waals surface area contributed by atoms with Gasteiger partial charge in [0, 0.05) is 11.0 Å². The molecule has 0 radical (unpaired) electrons. The molecule has 21 heavy (non-hydrogen) atoms. The maximum Gasteiger partial charge on any atom is 0.142 e. The van der Waals surface area contributed by atoms with Gasteiger partial charge in [-0.05, 0) is 42.2 Å². The number of para-hydroxylation sites is 2. The number of rotatable bonds is 6. The molecule has 0 aliphatic carbocycles. The zero-order chi connectivity index (χ0) is 15.2. The number of hydrogen-bond acceptors (Lipinski definition) is 2. The molecule has 112 valence electrons. The van der Waals surface area contributed by atoms with Crippen LogP contribution in [0.3, 0.4) is 0 Å². The van der Waals surface area contributed by atoms with Gasteiger partial charge in [0.05, 0.1) is 12.3 Å². The van der Waals surface area contributed by atoms with Crippen molar-refractivity contribution in [1.29, 1.82) is 0 Å². The highest BCUT2D eigenvalue weighted by molar-refractivity contribution is 9.10. The Balaban J connectivity index is 2.03. The first kappa shape index (κ1) is 15.9. The number of hydrogen-bond donors (Lipinski definition) is 1. The van der Waals surface area contributed by atoms with Crippen LogP contribution in [-0.2, 0) is 6.54 Å². The van der Waals surface area contributed by atoms with Gasteiger partial charge in [-0.3, -0.25) is 0 Å². The Morgan fingerprint density at radius 2 is 1.90 bits per heavy atom. The molecule has 2 nitrogen and oxygen atoms in total. The van der Waals surface area contributed by atoms with E-state index in [1.54, 1.807) is 0 Å². The summed E-state index contributed by atoms with van der Waals surface area (Å²) in [5, 5.41) is 3.45. The van der Waals surface area contributed by atoms with Crippen molar-refractivity contribution in [2.75, 3.05) is 11.9 Å². The summed E-state index contributed by atoms with van der Waals surface area (Å²) in [4.78, 5) is 0. The van der Waals surface area contributed by atoms with Crippen LogP contribution < -0.4 is 10.1 Å². The molecule has 2 aromatic rings. The third-order valence-corrected chi connectivity index (χ3v) is 4.03. The lowest BCUT2D eigenvalue weighted by Crippen LogP contribution is -2.07. The third kappa shape index (κ3) is 4.78. The van der Waals surface area contributed by atoms with Gasteiger partial charge in [-0.15, -0.1) is 0 Å². The molecule has 2 rings (SSSR count). The van der Waals surface area contributed by atoms with Crippen molar-refractivity contribution in [3.63, 3.8) is 0 Å². The van der Waals surface area contributed by atoms with E-state index in [-0.39, 0.29) is 0 Å². The maximum absolute atomic E-state index is 5.86. The van der Waals surface area contributed by atoms with Crippen molar-refractivity contribution in [1.82, 2.24) is 0 Å². The second-order valence-corrected chi connectivity index (χ2v) is 6.49. The van der Waals surface area contributed by atoms with Gasteiger partial charge in [0.2, 0.25) is 0 Å². The second-order valence-electron chi connectivity index (χ2n) is 5.64. The Morgan fingerprint density at radius 3 is 2.62 bits per heavy atom. The van der Waals surface area contributed by atoms with Gasteiger partial charge >= 0.3 is 0 Å². The second kappa shape index (κ2) is 7.51. The van der Waals surface area contributed by atoms with Crippen LogP contribution in [0.5, 0.6) is 5.75 Å². The van der Waals surface area contributed by atoms with Crippen LogP contribution in [0, 0.1) is 12.8 Å². The summed E-state index contributed by atoms with van der Waals surface area (Å²) in [7, 11) is 0. The predicted molar refractivity (Wildman–Crippen MR) is 93.0 cm³/mol. The average Bonchev–Trinajstić information content (AvgIpc) is 2.47. The number of anilines is 1. The van der Waals surface area contributed by atoms with Crippen molar-refractivity contribution in [2.45, 2.75) is 27.3 Å². The SMILES string of the molecule is Cc1ccc(CNc2ccccc2OCC(C)C)cc1Br. The average molecular weight is 348 g/mol. The van der Waals surface area contributed by atoms with E-state index < -0.39 is 0 Å². The minimum absolute atomic E-state index is 0.520. The summed E-state index contributed by atoms with van der Waals surface area (Å²) >= 11 is 3.58. The van der Waals surface area contributed by atoms with Crippen molar-refractivity contribution < 1.29 is 4.74 Å². The minimum Gasteiger partial charge on any atom is -0.491 e. The molecule has 0 bridgehead atoms. The fraction of sp³-hybridized carbons (Fsp3) is 0.333. The molecule has 0 aliphatic heterocycles. The molecular formula is C18H22BrNO. The first-order valence-corrected chi connectivity index (χ1v) is 8.06. The van der Waals surface area contributed by atoms with Crippen molar-refractivity contribution >= 4 is 21.6 Å². The smallest absolute Gasteiger partial charge is 0.142 e. The molecule has 0 amide bonds. The van der Waals surface area contributed by atoms with Crippen LogP contribution >= 0.6 is 15.9 Å². The number of ether oxygens (including phenoxy) is 1. The van der Waals surface area contributed by atoms with Crippen LogP contribution in [0.15, 0.2) is 46.9 Å². The monoisotopic (exact) mass is 347 g/mol. The Hall–Kier alpha value is -1.48. The summed E-state index contributed by atoms with van der Waals surface area (Å²) in [5.41, 5.74) is 3.53. The lowest BCUT2D eigenvalue weighted by Gasteiger charge is -2.14. The van der Waals surface area contributed by atoms with E-state index in [0.717, 1.165) is 29.1 Å². The Kier molecular flexibility index (Phi) is 5.68. The van der Waals surface area contributed by atoms with Gasteiger partial charge in [0.25, 0.3) is 0 Å². The highest BCUT2D eigenvalue weighted by Crippen LogP contribution is 2.25. The molecule has 0 aliphatic rings. The molecule has 0 atom stereocenters. The van der Waals surface area contributed by atoms with E-state index in [1.807, 2.05) is 18.2 Å². The molecule has 1 N–H and O–H groups in total. The number of aryl methyl sites for hydroxylation is 1. The van der Waals surface area contributed by atoms with Crippen LogP contribution in [-0.4, -0.2) is 6.61 Å². The Labute approximate surface area is 135 Å². The molecule has 0 saturated heterocycles. The van der Waals surface area contributed by atoms with E-state index in [9.17, 15) is 0 Å². The van der Waals surface area contributed by atoms with Gasteiger partial charge in [0.15, 0.2) is 0 Å². The van der Waals surface area contributed by atoms with Crippen LogP contribution in [0.1, 0.15) is 25.0 Å². The quantitative estimate of drug-likeness (QED) is 0.754. The minimum atomic E-state index is 0.520. The zero-order valence-electron chi connectivity index (χ0n) is 12.8. The molecule has 2 aromatic carbocycles. The standard InChI is InChI=1S/C18H22BrNO/c1-13(2)12-21-18-7-5-4-6-17(18)20-11-15-9-8-14(3)16(19)10-15/h4-10,13,20H,11-12H2,1-3H3. The van der Waals surface area contributed by atoms with Gasteiger partial charge in [-0.25, -0.2) is 0 Å². The third-order valence-electron chi connectivity index (χ3n) is 3.18. The lowest BCUT2D eigenvalue weighted by molar-refractivity contribution is 0.272. The molecule has 0 saturated carbocycles. The maximum atomic E-state index is 5.86. The van der Waals surface area contributed by atoms with Crippen LogP contribution in [0.4, 0.5) is 5.69 Å². The summed E-state index contributed by atoms with van der Waals surface area (Å²) in [6.45, 7) is 7.91. The Bertz CT molecular complexity index is 596. The van der Waals surface area contributed by atoms with Gasteiger partial charge in [-0.1, -0.05) is 54.0 Å². The highest BCUT2D eigenvalue weighted by atomic mass is 79.9. The topological polar surface area (TPSA) is 21.3 Å². The number of benzene rings is 2. The first-order chi connectivity index (χ1) is 10.1. The lowest BCUT2D eigenvalue weighted by atomic mass is 10.1. The molecule has 0 spiro atoms. The van der Waals surface area contributed by atoms with Crippen molar-refractivity contribution in [3.05, 3.63) is 58.1 Å². The summed E-state index contributed by atoms with van der Waals surface area (Å²) in [5.74, 6) is 1.43. The van der Waals surface area contributed by atoms with Crippen LogP contribution in [0.25, 0.3) is 0 Å². The zero-order valence-corrected chi connectivity index (χ0v) is 14.4. The van der Waals surface area contributed by atoms with Gasteiger partial charge in [-0.2, -0.15) is 0 Å². The van der Waals surface area contributed by atoms with E-state index in [2.05, 4.69) is 66.3 Å². The molecule has 0 unspecified atom stereocenters. The number of halogens is 1.